The van der Waals surface area contributed by atoms with Gasteiger partial charge in [-0.3, -0.25) is 14.2 Å². The third-order valence-electron chi connectivity index (χ3n) is 4.04. The topological polar surface area (TPSA) is 172 Å². The van der Waals surface area contributed by atoms with Crippen molar-refractivity contribution in [2.75, 3.05) is 18.8 Å². The Morgan fingerprint density at radius 2 is 2.20 bits per heavy atom. The summed E-state index contributed by atoms with van der Waals surface area (Å²) in [6.07, 6.45) is -0.989. The molecular formula is C12H18N5O7P. The van der Waals surface area contributed by atoms with Crippen molar-refractivity contribution >= 4 is 24.7 Å². The van der Waals surface area contributed by atoms with E-state index in [1.165, 1.54) is 17.8 Å². The molecule has 1 saturated heterocycles. The Bertz CT molecular complexity index is 827. The van der Waals surface area contributed by atoms with Crippen LogP contribution in [0, 0.1) is 0 Å². The van der Waals surface area contributed by atoms with Gasteiger partial charge in [0.15, 0.2) is 23.2 Å². The van der Waals surface area contributed by atoms with Gasteiger partial charge in [-0.05, 0) is 6.92 Å². The molecule has 1 unspecified atom stereocenters. The van der Waals surface area contributed by atoms with Crippen LogP contribution >= 0.6 is 7.75 Å². The van der Waals surface area contributed by atoms with E-state index in [1.807, 2.05) is 0 Å². The lowest BCUT2D eigenvalue weighted by Crippen LogP contribution is -2.44. The van der Waals surface area contributed by atoms with Crippen LogP contribution in [0.15, 0.2) is 12.7 Å². The Hall–Kier alpha value is -1.66. The first kappa shape index (κ1) is 18.1. The Balaban J connectivity index is 2.04. The maximum absolute atomic E-state index is 11.7. The molecule has 0 bridgehead atoms. The molecule has 0 saturated carbocycles. The van der Waals surface area contributed by atoms with Gasteiger partial charge in [0.1, 0.15) is 24.1 Å². The molecule has 2 aromatic rings. The van der Waals surface area contributed by atoms with Crippen molar-refractivity contribution in [1.82, 2.24) is 19.5 Å². The van der Waals surface area contributed by atoms with Crippen LogP contribution in [0.4, 0.5) is 5.82 Å². The number of aromatic nitrogens is 4. The molecule has 3 heterocycles. The first-order valence-electron chi connectivity index (χ1n) is 7.22. The van der Waals surface area contributed by atoms with E-state index >= 15 is 0 Å². The van der Waals surface area contributed by atoms with E-state index in [4.69, 9.17) is 4.74 Å². The third kappa shape index (κ3) is 3.02. The molecule has 0 aliphatic carbocycles. The molecule has 0 spiro atoms. The van der Waals surface area contributed by atoms with Gasteiger partial charge in [-0.15, -0.1) is 0 Å². The zero-order chi connectivity index (χ0) is 18.4. The number of nitrogens with zero attached hydrogens (tertiary/aromatic N) is 4. The number of hydrogen-bond acceptors (Lipinski definition) is 9. The summed E-state index contributed by atoms with van der Waals surface area (Å²) in [6.45, 7) is 0.876. The molecule has 2 aromatic heterocycles. The SMILES string of the molecule is COP(=O)(O)Nc1ncnc2c1ncn2[C@@H]1O[C@H](CO)[C@@H](O)[C@@]1(C)O. The fourth-order valence-corrected chi connectivity index (χ4v) is 3.20. The number of rotatable bonds is 5. The Morgan fingerprint density at radius 3 is 2.80 bits per heavy atom. The van der Waals surface area contributed by atoms with Gasteiger partial charge in [0.05, 0.1) is 12.9 Å². The van der Waals surface area contributed by atoms with Crippen LogP contribution in [0.5, 0.6) is 0 Å². The number of ether oxygens (including phenoxy) is 1. The summed E-state index contributed by atoms with van der Waals surface area (Å²) >= 11 is 0. The minimum absolute atomic E-state index is 0.0478. The highest BCUT2D eigenvalue weighted by molar-refractivity contribution is 7.54. The van der Waals surface area contributed by atoms with Crippen LogP contribution < -0.4 is 5.09 Å². The van der Waals surface area contributed by atoms with Gasteiger partial charge in [0, 0.05) is 7.11 Å². The number of anilines is 1. The minimum atomic E-state index is -4.11. The number of hydrogen-bond donors (Lipinski definition) is 5. The first-order valence-corrected chi connectivity index (χ1v) is 8.80. The molecule has 138 valence electrons. The lowest BCUT2D eigenvalue weighted by molar-refractivity contribution is -0.0950. The highest BCUT2D eigenvalue weighted by atomic mass is 31.2. The molecule has 1 aliphatic heterocycles. The predicted molar refractivity (Wildman–Crippen MR) is 83.4 cm³/mol. The van der Waals surface area contributed by atoms with E-state index in [0.717, 1.165) is 13.4 Å². The zero-order valence-corrected chi connectivity index (χ0v) is 14.2. The van der Waals surface area contributed by atoms with Gasteiger partial charge < -0.3 is 24.9 Å². The smallest absolute Gasteiger partial charge is 0.394 e. The number of fused-ring (bicyclic) bond motifs is 1. The summed E-state index contributed by atoms with van der Waals surface area (Å²) < 4.78 is 23.0. The molecule has 1 aliphatic rings. The van der Waals surface area contributed by atoms with Gasteiger partial charge in [-0.25, -0.2) is 19.5 Å². The van der Waals surface area contributed by atoms with Crippen molar-refractivity contribution in [3.05, 3.63) is 12.7 Å². The van der Waals surface area contributed by atoms with Crippen molar-refractivity contribution in [3.8, 4) is 0 Å². The molecule has 0 amide bonds. The number of aliphatic hydroxyl groups excluding tert-OH is 2. The van der Waals surface area contributed by atoms with E-state index in [2.05, 4.69) is 24.6 Å². The summed E-state index contributed by atoms with van der Waals surface area (Å²) in [6, 6.07) is 0. The molecule has 1 fully saturated rings. The Labute approximate surface area is 141 Å². The molecule has 3 rings (SSSR count). The van der Waals surface area contributed by atoms with Crippen molar-refractivity contribution in [2.45, 2.75) is 31.0 Å². The molecule has 5 atom stereocenters. The van der Waals surface area contributed by atoms with E-state index < -0.39 is 38.4 Å². The second kappa shape index (κ2) is 6.25. The van der Waals surface area contributed by atoms with Gasteiger partial charge >= 0.3 is 7.75 Å². The summed E-state index contributed by atoms with van der Waals surface area (Å²) in [5.41, 5.74) is -1.40. The fraction of sp³-hybridized carbons (Fsp3) is 0.583. The normalized spacial score (nSPS) is 32.0. The van der Waals surface area contributed by atoms with Crippen molar-refractivity contribution in [2.24, 2.45) is 0 Å². The standard InChI is InChI=1S/C12H18N5O7P/c1-12(20)8(19)6(3-18)24-11(12)17-5-15-7-9(13-4-14-10(7)17)16-25(21,22)23-2/h4-6,8,11,18-20H,3H2,1-2H3,(H2,13,14,16,21,22)/t6-,8-,11-,12-/m1/s1. The van der Waals surface area contributed by atoms with Gasteiger partial charge in [-0.2, -0.15) is 0 Å². The molecule has 12 nitrogen and oxygen atoms in total. The Kier molecular flexibility index (Phi) is 4.54. The molecule has 0 radical (unpaired) electrons. The van der Waals surface area contributed by atoms with Crippen LogP contribution in [-0.4, -0.2) is 71.3 Å². The predicted octanol–water partition coefficient (Wildman–Crippen LogP) is -1.01. The first-order chi connectivity index (χ1) is 11.7. The maximum atomic E-state index is 11.7. The van der Waals surface area contributed by atoms with Gasteiger partial charge in [0.25, 0.3) is 0 Å². The van der Waals surface area contributed by atoms with E-state index in [0.29, 0.717) is 0 Å². The van der Waals surface area contributed by atoms with Gasteiger partial charge in [-0.1, -0.05) is 0 Å². The molecule has 0 aromatic carbocycles. The monoisotopic (exact) mass is 375 g/mol. The average molecular weight is 375 g/mol. The molecule has 25 heavy (non-hydrogen) atoms. The second-order valence-electron chi connectivity index (χ2n) is 5.74. The summed E-state index contributed by atoms with van der Waals surface area (Å²) in [7, 11) is -3.05. The summed E-state index contributed by atoms with van der Waals surface area (Å²) in [5.74, 6) is -0.0478. The van der Waals surface area contributed by atoms with Crippen molar-refractivity contribution in [3.63, 3.8) is 0 Å². The Morgan fingerprint density at radius 1 is 1.48 bits per heavy atom. The summed E-state index contributed by atoms with van der Waals surface area (Å²) in [4.78, 5) is 21.5. The lowest BCUT2D eigenvalue weighted by Gasteiger charge is -2.27. The lowest BCUT2D eigenvalue weighted by atomic mass is 9.96. The van der Waals surface area contributed by atoms with Crippen molar-refractivity contribution in [1.29, 1.82) is 0 Å². The van der Waals surface area contributed by atoms with Gasteiger partial charge in [0.2, 0.25) is 0 Å². The minimum Gasteiger partial charge on any atom is -0.394 e. The van der Waals surface area contributed by atoms with Crippen LogP contribution in [0.1, 0.15) is 13.2 Å². The highest BCUT2D eigenvalue weighted by Crippen LogP contribution is 2.43. The maximum Gasteiger partial charge on any atom is 0.431 e. The van der Waals surface area contributed by atoms with Crippen molar-refractivity contribution < 1.29 is 34.0 Å². The molecular weight excluding hydrogens is 357 g/mol. The average Bonchev–Trinajstić information content (AvgIpc) is 3.08. The summed E-state index contributed by atoms with van der Waals surface area (Å²) in [5, 5.41) is 32.1. The largest absolute Gasteiger partial charge is 0.431 e. The van der Waals surface area contributed by atoms with E-state index in [9.17, 15) is 24.8 Å². The van der Waals surface area contributed by atoms with Crippen LogP contribution in [-0.2, 0) is 13.8 Å². The highest BCUT2D eigenvalue weighted by Gasteiger charge is 2.53. The van der Waals surface area contributed by atoms with Crippen LogP contribution in [0.2, 0.25) is 0 Å². The molecule has 13 heteroatoms. The number of aliphatic hydroxyl groups is 3. The number of imidazole rings is 1. The van der Waals surface area contributed by atoms with E-state index in [-0.39, 0.29) is 17.0 Å². The zero-order valence-electron chi connectivity index (χ0n) is 13.3. The quantitative estimate of drug-likeness (QED) is 0.405. The fourth-order valence-electron chi connectivity index (χ4n) is 2.68. The van der Waals surface area contributed by atoms with Crippen LogP contribution in [0.3, 0.4) is 0 Å². The molecule has 5 N–H and O–H groups in total. The number of nitrogens with one attached hydrogen (secondary N) is 1. The van der Waals surface area contributed by atoms with E-state index in [1.54, 1.807) is 0 Å². The van der Waals surface area contributed by atoms with Crippen LogP contribution in [0.25, 0.3) is 11.2 Å². The second-order valence-corrected chi connectivity index (χ2v) is 7.37. The third-order valence-corrected chi connectivity index (χ3v) is 5.03.